The molecular formula is C24H31N5O3. The summed E-state index contributed by atoms with van der Waals surface area (Å²) in [4.78, 5) is 19.3. The monoisotopic (exact) mass is 437 g/mol. The summed E-state index contributed by atoms with van der Waals surface area (Å²) in [6.07, 6.45) is 3.00. The predicted molar refractivity (Wildman–Crippen MR) is 123 cm³/mol. The second-order valence-corrected chi connectivity index (χ2v) is 9.30. The lowest BCUT2D eigenvalue weighted by atomic mass is 9.82. The molecule has 1 aromatic carbocycles. The zero-order chi connectivity index (χ0) is 22.9. The summed E-state index contributed by atoms with van der Waals surface area (Å²) in [5.41, 5.74) is 2.95. The first kappa shape index (κ1) is 22.2. The summed E-state index contributed by atoms with van der Waals surface area (Å²) < 4.78 is 6.64. The maximum absolute atomic E-state index is 12.5. The number of methoxy groups -OCH3 is 1. The molecule has 2 N–H and O–H groups in total. The molecule has 1 amide bonds. The number of aryl methyl sites for hydroxylation is 1. The van der Waals surface area contributed by atoms with E-state index in [0.29, 0.717) is 5.65 Å². The van der Waals surface area contributed by atoms with E-state index in [0.717, 1.165) is 30.8 Å². The van der Waals surface area contributed by atoms with Gasteiger partial charge in [-0.05, 0) is 37.5 Å². The van der Waals surface area contributed by atoms with Gasteiger partial charge in [-0.2, -0.15) is 0 Å². The average Bonchev–Trinajstić information content (AvgIpc) is 3.38. The third kappa shape index (κ3) is 4.47. The Hall–Kier alpha value is -2.97. The molecule has 2 aromatic heterocycles. The number of rotatable bonds is 7. The Morgan fingerprint density at radius 2 is 2.09 bits per heavy atom. The number of fused-ring (bicyclic) bond motifs is 1. The van der Waals surface area contributed by atoms with Crippen molar-refractivity contribution >= 4 is 17.2 Å². The number of carbonyl (C=O) groups excluding carboxylic acids is 1. The van der Waals surface area contributed by atoms with Crippen molar-refractivity contribution in [1.82, 2.24) is 19.9 Å². The number of ether oxygens (including phenoxy) is 1. The number of anilines is 1. The zero-order valence-corrected chi connectivity index (χ0v) is 19.1. The number of aliphatic hydroxyl groups is 1. The third-order valence-electron chi connectivity index (χ3n) is 6.20. The Morgan fingerprint density at radius 1 is 1.34 bits per heavy atom. The van der Waals surface area contributed by atoms with Gasteiger partial charge in [-0.25, -0.2) is 9.50 Å². The highest BCUT2D eigenvalue weighted by molar-refractivity contribution is 5.91. The number of hydrogen-bond donors (Lipinski definition) is 2. The van der Waals surface area contributed by atoms with Crippen LogP contribution in [0.15, 0.2) is 42.6 Å². The van der Waals surface area contributed by atoms with Crippen LogP contribution in [0.4, 0.5) is 5.69 Å². The molecule has 2 atom stereocenters. The van der Waals surface area contributed by atoms with Gasteiger partial charge in [0.1, 0.15) is 5.60 Å². The summed E-state index contributed by atoms with van der Waals surface area (Å²) >= 11 is 0. The van der Waals surface area contributed by atoms with Gasteiger partial charge in [0.2, 0.25) is 5.82 Å². The van der Waals surface area contributed by atoms with E-state index >= 15 is 0 Å². The smallest absolute Gasteiger partial charge is 0.291 e. The first-order valence-electron chi connectivity index (χ1n) is 10.9. The minimum Gasteiger partial charge on any atom is -0.386 e. The number of hydrogen-bond acceptors (Lipinski definition) is 6. The van der Waals surface area contributed by atoms with Crippen molar-refractivity contribution < 1.29 is 14.6 Å². The molecule has 1 unspecified atom stereocenters. The molecule has 32 heavy (non-hydrogen) atoms. The average molecular weight is 438 g/mol. The van der Waals surface area contributed by atoms with E-state index in [1.54, 1.807) is 11.4 Å². The number of benzene rings is 1. The van der Waals surface area contributed by atoms with Gasteiger partial charge in [-0.15, -0.1) is 5.10 Å². The van der Waals surface area contributed by atoms with Gasteiger partial charge in [-0.1, -0.05) is 37.3 Å². The lowest BCUT2D eigenvalue weighted by Crippen LogP contribution is -2.44. The highest BCUT2D eigenvalue weighted by Crippen LogP contribution is 2.36. The maximum Gasteiger partial charge on any atom is 0.291 e. The van der Waals surface area contributed by atoms with E-state index in [1.807, 2.05) is 19.2 Å². The van der Waals surface area contributed by atoms with E-state index in [2.05, 4.69) is 57.6 Å². The summed E-state index contributed by atoms with van der Waals surface area (Å²) in [6, 6.07) is 12.7. The van der Waals surface area contributed by atoms with Crippen molar-refractivity contribution in [2.24, 2.45) is 0 Å². The lowest BCUT2D eigenvalue weighted by molar-refractivity contribution is -0.0147. The van der Waals surface area contributed by atoms with E-state index in [-0.39, 0.29) is 24.4 Å². The molecule has 3 heterocycles. The molecular weight excluding hydrogens is 406 g/mol. The van der Waals surface area contributed by atoms with Crippen LogP contribution in [-0.4, -0.2) is 64.6 Å². The number of amides is 1. The van der Waals surface area contributed by atoms with Crippen molar-refractivity contribution in [1.29, 1.82) is 0 Å². The van der Waals surface area contributed by atoms with Crippen molar-refractivity contribution in [3.05, 3.63) is 59.5 Å². The number of pyridine rings is 1. The minimum atomic E-state index is -1.16. The van der Waals surface area contributed by atoms with Gasteiger partial charge in [0.15, 0.2) is 5.65 Å². The molecule has 0 bridgehead atoms. The standard InChI is InChI=1S/C24H31N5O3/c1-17-12-19(28-11-10-23(2,15-28)18-8-6-5-7-9-18)13-29-21(17)26-20(27-29)22(30)25-14-24(3,31)16-32-4/h5-9,12-13,31H,10-11,14-16H2,1-4H3,(H,25,30)/t23-,24?/m0/s1. The Morgan fingerprint density at radius 3 is 2.81 bits per heavy atom. The van der Waals surface area contributed by atoms with Crippen LogP contribution in [0.25, 0.3) is 5.65 Å². The van der Waals surface area contributed by atoms with E-state index < -0.39 is 11.5 Å². The molecule has 1 aliphatic rings. The highest BCUT2D eigenvalue weighted by Gasteiger charge is 2.35. The van der Waals surface area contributed by atoms with Gasteiger partial charge in [0.25, 0.3) is 5.91 Å². The number of nitrogens with zero attached hydrogens (tertiary/aromatic N) is 4. The molecule has 0 aliphatic carbocycles. The molecule has 8 heteroatoms. The van der Waals surface area contributed by atoms with Crippen LogP contribution >= 0.6 is 0 Å². The topological polar surface area (TPSA) is 92.0 Å². The van der Waals surface area contributed by atoms with Crippen molar-refractivity contribution in [2.75, 3.05) is 38.3 Å². The first-order chi connectivity index (χ1) is 15.2. The maximum atomic E-state index is 12.5. The van der Waals surface area contributed by atoms with Crippen molar-refractivity contribution in [2.45, 2.75) is 38.2 Å². The fourth-order valence-corrected chi connectivity index (χ4v) is 4.37. The molecule has 8 nitrogen and oxygen atoms in total. The SMILES string of the molecule is COCC(C)(O)CNC(=O)c1nc2c(C)cc(N3CC[C@](C)(c4ccccc4)C3)cn2n1. The third-order valence-corrected chi connectivity index (χ3v) is 6.20. The molecule has 170 valence electrons. The quantitative estimate of drug-likeness (QED) is 0.590. The summed E-state index contributed by atoms with van der Waals surface area (Å²) in [6.45, 7) is 7.92. The fourth-order valence-electron chi connectivity index (χ4n) is 4.37. The minimum absolute atomic E-state index is 0.0469. The molecule has 0 saturated carbocycles. The normalized spacial score (nSPS) is 20.5. The second-order valence-electron chi connectivity index (χ2n) is 9.30. The predicted octanol–water partition coefficient (Wildman–Crippen LogP) is 2.33. The summed E-state index contributed by atoms with van der Waals surface area (Å²) in [7, 11) is 1.50. The van der Waals surface area contributed by atoms with Gasteiger partial charge in [-0.3, -0.25) is 4.79 Å². The van der Waals surface area contributed by atoms with Crippen molar-refractivity contribution in [3.8, 4) is 0 Å². The second kappa shape index (κ2) is 8.52. The fraction of sp³-hybridized carbons (Fsp3) is 0.458. The van der Waals surface area contributed by atoms with E-state index in [1.165, 1.54) is 12.7 Å². The number of carbonyl (C=O) groups is 1. The number of aromatic nitrogens is 3. The van der Waals surface area contributed by atoms with Crippen LogP contribution < -0.4 is 10.2 Å². The Labute approximate surface area is 188 Å². The lowest BCUT2D eigenvalue weighted by Gasteiger charge is -2.26. The van der Waals surface area contributed by atoms with Crippen LogP contribution in [0.1, 0.15) is 42.0 Å². The molecule has 1 aliphatic heterocycles. The molecule has 1 saturated heterocycles. The molecule has 4 rings (SSSR count). The summed E-state index contributed by atoms with van der Waals surface area (Å²) in [5, 5.41) is 17.3. The van der Waals surface area contributed by atoms with Crippen molar-refractivity contribution in [3.63, 3.8) is 0 Å². The number of nitrogens with one attached hydrogen (secondary N) is 1. The molecule has 1 fully saturated rings. The van der Waals surface area contributed by atoms with Crippen LogP contribution in [0.3, 0.4) is 0 Å². The zero-order valence-electron chi connectivity index (χ0n) is 19.1. The first-order valence-corrected chi connectivity index (χ1v) is 10.9. The van der Waals surface area contributed by atoms with Crippen LogP contribution in [0, 0.1) is 6.92 Å². The van der Waals surface area contributed by atoms with Crippen LogP contribution in [-0.2, 0) is 10.2 Å². The highest BCUT2D eigenvalue weighted by atomic mass is 16.5. The van der Waals surface area contributed by atoms with E-state index in [9.17, 15) is 9.90 Å². The van der Waals surface area contributed by atoms with E-state index in [4.69, 9.17) is 4.74 Å². The Kier molecular flexibility index (Phi) is 5.92. The van der Waals surface area contributed by atoms with Gasteiger partial charge < -0.3 is 20.1 Å². The Balaban J connectivity index is 1.53. The van der Waals surface area contributed by atoms with Gasteiger partial charge in [0.05, 0.1) is 18.5 Å². The summed E-state index contributed by atoms with van der Waals surface area (Å²) in [5.74, 6) is -0.349. The van der Waals surface area contributed by atoms with Gasteiger partial charge in [0, 0.05) is 32.2 Å². The largest absolute Gasteiger partial charge is 0.386 e. The molecule has 0 spiro atoms. The van der Waals surface area contributed by atoms with Gasteiger partial charge >= 0.3 is 0 Å². The molecule has 0 radical (unpaired) electrons. The Bertz CT molecular complexity index is 1110. The molecule has 3 aromatic rings. The van der Waals surface area contributed by atoms with Crippen LogP contribution in [0.2, 0.25) is 0 Å². The van der Waals surface area contributed by atoms with Crippen LogP contribution in [0.5, 0.6) is 0 Å².